The van der Waals surface area contributed by atoms with Gasteiger partial charge in [-0.25, -0.2) is 9.59 Å². The van der Waals surface area contributed by atoms with Gasteiger partial charge in [-0.1, -0.05) is 140 Å². The van der Waals surface area contributed by atoms with E-state index in [2.05, 4.69) is 10.6 Å². The molecule has 7 rings (SSSR count). The van der Waals surface area contributed by atoms with Gasteiger partial charge < -0.3 is 25.2 Å². The third-order valence-corrected chi connectivity index (χ3v) is 10.3. The number of ether oxygens (including phenoxy) is 2. The lowest BCUT2D eigenvalue weighted by molar-refractivity contribution is -0.157. The first-order valence-electron chi connectivity index (χ1n) is 17.9. The summed E-state index contributed by atoms with van der Waals surface area (Å²) in [4.78, 5) is 56.0. The second kappa shape index (κ2) is 15.0. The number of amides is 3. The van der Waals surface area contributed by atoms with Gasteiger partial charge in [0.25, 0.3) is 0 Å². The van der Waals surface area contributed by atoms with Crippen LogP contribution in [0.2, 0.25) is 0 Å². The SMILES string of the molecule is CC1(C)OCC(C(=O)O)N1C(=O)C(CC(=O)NC(c1ccccc1)(c1ccccc1)c1ccccc1)NC(=O)OCC1c2ccccc2-c2ccccc21. The van der Waals surface area contributed by atoms with Gasteiger partial charge in [0.2, 0.25) is 11.8 Å². The van der Waals surface area contributed by atoms with Gasteiger partial charge >= 0.3 is 12.1 Å². The van der Waals surface area contributed by atoms with Crippen LogP contribution in [0.1, 0.15) is 54.0 Å². The van der Waals surface area contributed by atoms with Crippen LogP contribution >= 0.6 is 0 Å². The Morgan fingerprint density at radius 1 is 0.759 bits per heavy atom. The molecule has 5 aromatic rings. The molecule has 2 unspecified atom stereocenters. The summed E-state index contributed by atoms with van der Waals surface area (Å²) >= 11 is 0. The minimum absolute atomic E-state index is 0.0256. The van der Waals surface area contributed by atoms with Crippen LogP contribution in [0, 0.1) is 0 Å². The average molecular weight is 724 g/mol. The Labute approximate surface area is 313 Å². The molecule has 2 atom stereocenters. The normalized spacial score (nSPS) is 16.5. The molecule has 0 radical (unpaired) electrons. The number of carbonyl (C=O) groups excluding carboxylic acids is 3. The first-order valence-corrected chi connectivity index (χ1v) is 17.9. The molecule has 1 fully saturated rings. The van der Waals surface area contributed by atoms with E-state index in [1.54, 1.807) is 13.8 Å². The van der Waals surface area contributed by atoms with Crippen molar-refractivity contribution in [2.75, 3.05) is 13.2 Å². The summed E-state index contributed by atoms with van der Waals surface area (Å²) < 4.78 is 11.5. The Morgan fingerprint density at radius 3 is 1.70 bits per heavy atom. The number of nitrogens with one attached hydrogen (secondary N) is 2. The second-order valence-corrected chi connectivity index (χ2v) is 13.9. The van der Waals surface area contributed by atoms with Gasteiger partial charge in [-0.2, -0.15) is 0 Å². The molecular weight excluding hydrogens is 682 g/mol. The maximum Gasteiger partial charge on any atom is 0.407 e. The van der Waals surface area contributed by atoms with E-state index in [1.807, 2.05) is 140 Å². The summed E-state index contributed by atoms with van der Waals surface area (Å²) in [7, 11) is 0. The highest BCUT2D eigenvalue weighted by atomic mass is 16.6. The van der Waals surface area contributed by atoms with Crippen molar-refractivity contribution in [3.05, 3.63) is 167 Å². The maximum absolute atomic E-state index is 14.5. The number of carboxylic acid groups (broad SMARTS) is 1. The van der Waals surface area contributed by atoms with Crippen LogP contribution in [0.4, 0.5) is 4.79 Å². The molecule has 0 spiro atoms. The standard InChI is InChI=1S/C44H41N3O7/c1-43(2)47(38(28-54-43)41(50)51)40(49)37(45-42(52)53-27-36-34-24-14-12-22-32(34)33-23-13-15-25-35(33)36)26-39(48)46-44(29-16-6-3-7-17-29,30-18-8-4-9-19-30)31-20-10-5-11-21-31/h3-25,36-38H,26-28H2,1-2H3,(H,45,52)(H,46,48)(H,50,51). The van der Waals surface area contributed by atoms with Crippen molar-refractivity contribution in [3.8, 4) is 11.1 Å². The summed E-state index contributed by atoms with van der Waals surface area (Å²) in [5.41, 5.74) is 3.91. The summed E-state index contributed by atoms with van der Waals surface area (Å²) in [6.45, 7) is 2.87. The number of carboxylic acids is 1. The molecule has 2 aliphatic rings. The lowest BCUT2D eigenvalue weighted by Crippen LogP contribution is -2.59. The van der Waals surface area contributed by atoms with Crippen molar-refractivity contribution in [2.45, 2.75) is 49.5 Å². The highest BCUT2D eigenvalue weighted by molar-refractivity contribution is 5.94. The molecule has 0 saturated carbocycles. The van der Waals surface area contributed by atoms with E-state index in [-0.39, 0.29) is 19.1 Å². The molecular formula is C44H41N3O7. The number of benzene rings is 5. The Morgan fingerprint density at radius 2 is 1.22 bits per heavy atom. The van der Waals surface area contributed by atoms with Crippen LogP contribution in [0.25, 0.3) is 11.1 Å². The van der Waals surface area contributed by atoms with Gasteiger partial charge in [-0.3, -0.25) is 14.5 Å². The third-order valence-electron chi connectivity index (χ3n) is 10.3. The van der Waals surface area contributed by atoms with E-state index < -0.39 is 53.6 Å². The molecule has 1 aliphatic heterocycles. The van der Waals surface area contributed by atoms with Crippen LogP contribution in [0.5, 0.6) is 0 Å². The predicted octanol–water partition coefficient (Wildman–Crippen LogP) is 6.44. The summed E-state index contributed by atoms with van der Waals surface area (Å²) in [6.07, 6.45) is -1.45. The molecule has 274 valence electrons. The zero-order valence-corrected chi connectivity index (χ0v) is 30.0. The van der Waals surface area contributed by atoms with Crippen LogP contribution in [0.15, 0.2) is 140 Å². The van der Waals surface area contributed by atoms with Crippen molar-refractivity contribution in [2.24, 2.45) is 0 Å². The molecule has 3 amide bonds. The number of hydrogen-bond donors (Lipinski definition) is 3. The molecule has 1 saturated heterocycles. The number of carbonyl (C=O) groups is 4. The fraction of sp³-hybridized carbons (Fsp3) is 0.227. The van der Waals surface area contributed by atoms with Crippen molar-refractivity contribution in [1.29, 1.82) is 0 Å². The molecule has 10 nitrogen and oxygen atoms in total. The van der Waals surface area contributed by atoms with Gasteiger partial charge in [0, 0.05) is 5.92 Å². The molecule has 1 heterocycles. The van der Waals surface area contributed by atoms with Gasteiger partial charge in [0.15, 0.2) is 6.04 Å². The number of alkyl carbamates (subject to hydrolysis) is 1. The van der Waals surface area contributed by atoms with Crippen molar-refractivity contribution >= 4 is 23.9 Å². The van der Waals surface area contributed by atoms with Crippen LogP contribution in [0.3, 0.4) is 0 Å². The van der Waals surface area contributed by atoms with E-state index in [1.165, 1.54) is 0 Å². The van der Waals surface area contributed by atoms with Crippen LogP contribution < -0.4 is 10.6 Å². The van der Waals surface area contributed by atoms with E-state index in [0.717, 1.165) is 43.8 Å². The minimum atomic E-state index is -1.51. The lowest BCUT2D eigenvalue weighted by Gasteiger charge is -2.38. The zero-order chi connectivity index (χ0) is 37.9. The molecule has 0 bridgehead atoms. The summed E-state index contributed by atoms with van der Waals surface area (Å²) in [5, 5.41) is 15.9. The Balaban J connectivity index is 1.20. The summed E-state index contributed by atoms with van der Waals surface area (Å²) in [5.74, 6) is -2.88. The second-order valence-electron chi connectivity index (χ2n) is 13.9. The number of rotatable bonds is 11. The van der Waals surface area contributed by atoms with Crippen molar-refractivity contribution in [1.82, 2.24) is 15.5 Å². The molecule has 54 heavy (non-hydrogen) atoms. The number of aliphatic carboxylic acids is 1. The largest absolute Gasteiger partial charge is 0.480 e. The first kappa shape index (κ1) is 36.1. The smallest absolute Gasteiger partial charge is 0.407 e. The third kappa shape index (κ3) is 6.83. The van der Waals surface area contributed by atoms with Crippen molar-refractivity contribution < 1.29 is 33.8 Å². The number of fused-ring (bicyclic) bond motifs is 3. The molecule has 1 aliphatic carbocycles. The topological polar surface area (TPSA) is 134 Å². The van der Waals surface area contributed by atoms with E-state index in [4.69, 9.17) is 9.47 Å². The lowest BCUT2D eigenvalue weighted by atomic mass is 9.77. The molecule has 3 N–H and O–H groups in total. The minimum Gasteiger partial charge on any atom is -0.480 e. The fourth-order valence-corrected chi connectivity index (χ4v) is 7.78. The predicted molar refractivity (Wildman–Crippen MR) is 202 cm³/mol. The number of hydrogen-bond acceptors (Lipinski definition) is 6. The van der Waals surface area contributed by atoms with E-state index in [9.17, 15) is 24.3 Å². The number of nitrogens with zero attached hydrogens (tertiary/aromatic N) is 1. The van der Waals surface area contributed by atoms with Crippen LogP contribution in [-0.4, -0.2) is 64.9 Å². The Bertz CT molecular complexity index is 2020. The zero-order valence-electron chi connectivity index (χ0n) is 30.0. The summed E-state index contributed by atoms with van der Waals surface area (Å²) in [6, 6.07) is 41.5. The molecule has 10 heteroatoms. The first-order chi connectivity index (χ1) is 26.1. The monoisotopic (exact) mass is 723 g/mol. The maximum atomic E-state index is 14.5. The van der Waals surface area contributed by atoms with Gasteiger partial charge in [0.1, 0.15) is 23.9 Å². The van der Waals surface area contributed by atoms with Gasteiger partial charge in [-0.05, 0) is 52.8 Å². The molecule has 0 aromatic heterocycles. The van der Waals surface area contributed by atoms with E-state index in [0.29, 0.717) is 0 Å². The van der Waals surface area contributed by atoms with Crippen LogP contribution in [-0.2, 0) is 29.4 Å². The highest BCUT2D eigenvalue weighted by Crippen LogP contribution is 2.44. The fourth-order valence-electron chi connectivity index (χ4n) is 7.78. The quantitative estimate of drug-likeness (QED) is 0.134. The van der Waals surface area contributed by atoms with Gasteiger partial charge in [0.05, 0.1) is 13.0 Å². The van der Waals surface area contributed by atoms with Crippen molar-refractivity contribution in [3.63, 3.8) is 0 Å². The highest BCUT2D eigenvalue weighted by Gasteiger charge is 2.50. The Kier molecular flexibility index (Phi) is 10.0. The van der Waals surface area contributed by atoms with E-state index >= 15 is 0 Å². The Hall–Kier alpha value is -6.26. The van der Waals surface area contributed by atoms with Gasteiger partial charge in [-0.15, -0.1) is 0 Å². The molecule has 5 aromatic carbocycles. The average Bonchev–Trinajstić information content (AvgIpc) is 3.70.